The number of amidine groups is 1. The molecule has 170 valence electrons. The van der Waals surface area contributed by atoms with Gasteiger partial charge in [0.25, 0.3) is 0 Å². The number of carbonyl (C=O) groups is 2. The molecular formula is C22H22ClF2N3O3S. The van der Waals surface area contributed by atoms with Crippen LogP contribution in [0.5, 0.6) is 5.75 Å². The van der Waals surface area contributed by atoms with E-state index in [9.17, 15) is 18.4 Å². The van der Waals surface area contributed by atoms with Gasteiger partial charge in [-0.05, 0) is 56.7 Å². The average Bonchev–Trinajstić information content (AvgIpc) is 2.98. The van der Waals surface area contributed by atoms with E-state index in [1.54, 1.807) is 0 Å². The third kappa shape index (κ3) is 6.20. The SMILES string of the molecule is CCN1C(=O)C(CC(=O)Nc2ccc(C)cc2C)SC1=Nc1ccc(OC(F)(F)Cl)cc1. The van der Waals surface area contributed by atoms with Gasteiger partial charge in [-0.15, -0.1) is 8.78 Å². The van der Waals surface area contributed by atoms with Crippen LogP contribution in [0.15, 0.2) is 47.5 Å². The number of carbonyl (C=O) groups excluding carboxylic acids is 2. The van der Waals surface area contributed by atoms with Crippen LogP contribution in [-0.4, -0.2) is 39.2 Å². The molecule has 6 nitrogen and oxygen atoms in total. The first-order valence-corrected chi connectivity index (χ1v) is 11.1. The lowest BCUT2D eigenvalue weighted by Gasteiger charge is -2.14. The minimum absolute atomic E-state index is 0.00389. The number of hydrogen-bond donors (Lipinski definition) is 1. The van der Waals surface area contributed by atoms with E-state index in [-0.39, 0.29) is 24.0 Å². The van der Waals surface area contributed by atoms with Crippen LogP contribution in [0.25, 0.3) is 0 Å². The Morgan fingerprint density at radius 3 is 2.53 bits per heavy atom. The van der Waals surface area contributed by atoms with E-state index in [1.165, 1.54) is 40.9 Å². The monoisotopic (exact) mass is 481 g/mol. The van der Waals surface area contributed by atoms with Crippen molar-refractivity contribution in [3.05, 3.63) is 53.6 Å². The van der Waals surface area contributed by atoms with E-state index >= 15 is 0 Å². The number of nitrogens with one attached hydrogen (secondary N) is 1. The molecule has 1 atom stereocenters. The highest BCUT2D eigenvalue weighted by molar-refractivity contribution is 8.15. The summed E-state index contributed by atoms with van der Waals surface area (Å²) in [6.45, 7) is 6.08. The number of ether oxygens (including phenoxy) is 1. The topological polar surface area (TPSA) is 71.0 Å². The summed E-state index contributed by atoms with van der Waals surface area (Å²) < 4.78 is 29.8. The Morgan fingerprint density at radius 2 is 1.94 bits per heavy atom. The largest absolute Gasteiger partial charge is 0.487 e. The van der Waals surface area contributed by atoms with Gasteiger partial charge in [-0.25, -0.2) is 4.99 Å². The lowest BCUT2D eigenvalue weighted by Crippen LogP contribution is -2.33. The molecule has 2 aromatic rings. The maximum atomic E-state index is 12.8. The van der Waals surface area contributed by atoms with E-state index in [0.29, 0.717) is 23.1 Å². The Hall–Kier alpha value is -2.65. The summed E-state index contributed by atoms with van der Waals surface area (Å²) in [5.74, 6) is -0.574. The van der Waals surface area contributed by atoms with Gasteiger partial charge in [0, 0.05) is 30.3 Å². The molecule has 10 heteroatoms. The van der Waals surface area contributed by atoms with Crippen LogP contribution in [0.2, 0.25) is 0 Å². The molecule has 1 saturated heterocycles. The maximum absolute atomic E-state index is 12.8. The van der Waals surface area contributed by atoms with E-state index < -0.39 is 10.8 Å². The van der Waals surface area contributed by atoms with E-state index in [0.717, 1.165) is 11.1 Å². The second-order valence-electron chi connectivity index (χ2n) is 7.20. The number of halogens is 3. The van der Waals surface area contributed by atoms with Crippen molar-refractivity contribution in [2.45, 2.75) is 38.0 Å². The Bertz CT molecular complexity index is 1040. The number of hydrogen-bond acceptors (Lipinski definition) is 5. The Morgan fingerprint density at radius 1 is 1.25 bits per heavy atom. The Balaban J connectivity index is 1.69. The van der Waals surface area contributed by atoms with Crippen molar-refractivity contribution >= 4 is 51.7 Å². The van der Waals surface area contributed by atoms with Crippen molar-refractivity contribution in [1.29, 1.82) is 0 Å². The molecule has 2 amide bonds. The molecule has 1 unspecified atom stereocenters. The second-order valence-corrected chi connectivity index (χ2v) is 8.81. The maximum Gasteiger partial charge on any atom is 0.487 e. The molecule has 1 N–H and O–H groups in total. The molecule has 1 aliphatic rings. The summed E-state index contributed by atoms with van der Waals surface area (Å²) in [5.41, 5.74) is -0.602. The van der Waals surface area contributed by atoms with Gasteiger partial charge in [-0.3, -0.25) is 14.5 Å². The highest BCUT2D eigenvalue weighted by atomic mass is 35.5. The van der Waals surface area contributed by atoms with Crippen LogP contribution >= 0.6 is 23.4 Å². The number of nitrogens with zero attached hydrogens (tertiary/aromatic N) is 2. The number of alkyl halides is 3. The highest BCUT2D eigenvalue weighted by Crippen LogP contribution is 2.33. The van der Waals surface area contributed by atoms with E-state index in [2.05, 4.69) is 15.0 Å². The molecule has 1 heterocycles. The van der Waals surface area contributed by atoms with Crippen LogP contribution in [0.3, 0.4) is 0 Å². The summed E-state index contributed by atoms with van der Waals surface area (Å²) in [4.78, 5) is 31.3. The smallest absolute Gasteiger partial charge is 0.420 e. The van der Waals surface area contributed by atoms with Crippen LogP contribution in [0, 0.1) is 13.8 Å². The number of aryl methyl sites for hydroxylation is 2. The summed E-state index contributed by atoms with van der Waals surface area (Å²) in [7, 11) is 0. The van der Waals surface area contributed by atoms with Crippen LogP contribution in [0.1, 0.15) is 24.5 Å². The average molecular weight is 482 g/mol. The van der Waals surface area contributed by atoms with Crippen LogP contribution in [0.4, 0.5) is 20.2 Å². The molecule has 2 aromatic carbocycles. The van der Waals surface area contributed by atoms with Gasteiger partial charge < -0.3 is 10.1 Å². The Kier molecular flexibility index (Phi) is 7.40. The van der Waals surface area contributed by atoms with Crippen LogP contribution in [-0.2, 0) is 9.59 Å². The van der Waals surface area contributed by atoms with Gasteiger partial charge in [-0.1, -0.05) is 29.5 Å². The fourth-order valence-corrected chi connectivity index (χ4v) is 4.48. The first kappa shape index (κ1) is 24.0. The molecule has 0 radical (unpaired) electrons. The van der Waals surface area contributed by atoms with Crippen molar-refractivity contribution in [3.63, 3.8) is 0 Å². The predicted molar refractivity (Wildman–Crippen MR) is 123 cm³/mol. The highest BCUT2D eigenvalue weighted by Gasteiger charge is 2.38. The van der Waals surface area contributed by atoms with Gasteiger partial charge >= 0.3 is 5.57 Å². The van der Waals surface area contributed by atoms with Gasteiger partial charge in [0.2, 0.25) is 11.8 Å². The fourth-order valence-electron chi connectivity index (χ4n) is 3.17. The standard InChI is InChI=1S/C22H22ClF2N3O3S/c1-4-28-20(30)18(12-19(29)27-17-10-5-13(2)11-14(17)3)32-21(28)26-15-6-8-16(9-7-15)31-22(23,24)25/h5-11,18H,4,12H2,1-3H3,(H,27,29). The van der Waals surface area contributed by atoms with Crippen molar-refractivity contribution in [3.8, 4) is 5.75 Å². The zero-order chi connectivity index (χ0) is 23.5. The lowest BCUT2D eigenvalue weighted by atomic mass is 10.1. The van der Waals surface area contributed by atoms with E-state index in [4.69, 9.17) is 11.6 Å². The molecule has 1 fully saturated rings. The van der Waals surface area contributed by atoms with Gasteiger partial charge in [-0.2, -0.15) is 0 Å². The van der Waals surface area contributed by atoms with E-state index in [1.807, 2.05) is 39.0 Å². The first-order chi connectivity index (χ1) is 15.1. The molecule has 0 spiro atoms. The quantitative estimate of drug-likeness (QED) is 0.534. The van der Waals surface area contributed by atoms with Crippen molar-refractivity contribution in [2.75, 3.05) is 11.9 Å². The minimum Gasteiger partial charge on any atom is -0.420 e. The number of aliphatic imine (C=N–C) groups is 1. The number of anilines is 1. The zero-order valence-corrected chi connectivity index (χ0v) is 19.3. The van der Waals surface area contributed by atoms with Gasteiger partial charge in [0.15, 0.2) is 5.17 Å². The Labute approximate surface area is 194 Å². The summed E-state index contributed by atoms with van der Waals surface area (Å²) in [6, 6.07) is 11.3. The predicted octanol–water partition coefficient (Wildman–Crippen LogP) is 5.45. The third-order valence-electron chi connectivity index (χ3n) is 4.66. The fraction of sp³-hybridized carbons (Fsp3) is 0.318. The molecule has 0 aromatic heterocycles. The third-order valence-corrected chi connectivity index (χ3v) is 5.91. The molecule has 0 bridgehead atoms. The molecule has 1 aliphatic heterocycles. The van der Waals surface area contributed by atoms with Crippen molar-refractivity contribution < 1.29 is 23.1 Å². The first-order valence-electron chi connectivity index (χ1n) is 9.85. The van der Waals surface area contributed by atoms with Gasteiger partial charge in [0.05, 0.1) is 5.69 Å². The molecular weight excluding hydrogens is 460 g/mol. The summed E-state index contributed by atoms with van der Waals surface area (Å²) >= 11 is 5.96. The lowest BCUT2D eigenvalue weighted by molar-refractivity contribution is -0.128. The normalized spacial score (nSPS) is 17.7. The minimum atomic E-state index is -3.80. The second kappa shape index (κ2) is 9.87. The number of benzene rings is 2. The summed E-state index contributed by atoms with van der Waals surface area (Å²) in [6.07, 6.45) is 0.00389. The number of amides is 2. The van der Waals surface area contributed by atoms with Gasteiger partial charge in [0.1, 0.15) is 11.0 Å². The van der Waals surface area contributed by atoms with Crippen LogP contribution < -0.4 is 10.1 Å². The molecule has 3 rings (SSSR count). The zero-order valence-electron chi connectivity index (χ0n) is 17.7. The molecule has 32 heavy (non-hydrogen) atoms. The number of rotatable bonds is 7. The summed E-state index contributed by atoms with van der Waals surface area (Å²) in [5, 5.41) is 2.70. The molecule has 0 saturated carbocycles. The van der Waals surface area contributed by atoms with Crippen molar-refractivity contribution in [1.82, 2.24) is 4.90 Å². The molecule has 0 aliphatic carbocycles. The number of thioether (sulfide) groups is 1. The van der Waals surface area contributed by atoms with Crippen molar-refractivity contribution in [2.24, 2.45) is 4.99 Å².